The van der Waals surface area contributed by atoms with Gasteiger partial charge in [-0.15, -0.1) is 0 Å². The molecule has 0 radical (unpaired) electrons. The molecule has 1 aliphatic rings. The fraction of sp³-hybridized carbons (Fsp3) is 0.571. The van der Waals surface area contributed by atoms with Crippen LogP contribution < -0.4 is 0 Å². The second-order valence-electron chi connectivity index (χ2n) is 5.18. The molecule has 1 N–H and O–H groups in total. The van der Waals surface area contributed by atoms with E-state index < -0.39 is 0 Å². The molecule has 1 saturated carbocycles. The highest BCUT2D eigenvalue weighted by molar-refractivity contribution is 5.30. The Morgan fingerprint density at radius 2 is 1.87 bits per heavy atom. The summed E-state index contributed by atoms with van der Waals surface area (Å²) in [7, 11) is 0. The summed E-state index contributed by atoms with van der Waals surface area (Å²) in [5.41, 5.74) is 2.83. The van der Waals surface area contributed by atoms with Gasteiger partial charge in [0, 0.05) is 0 Å². The quantitative estimate of drug-likeness (QED) is 0.745. The molecule has 1 aromatic carbocycles. The molecule has 0 bridgehead atoms. The maximum Gasteiger partial charge on any atom is 0.0574 e. The Hall–Kier alpha value is -0.820. The molecule has 3 atom stereocenters. The highest BCUT2D eigenvalue weighted by atomic mass is 16.3. The Bertz CT molecular complexity index is 341. The Morgan fingerprint density at radius 1 is 1.27 bits per heavy atom. The van der Waals surface area contributed by atoms with Crippen LogP contribution in [0.5, 0.6) is 0 Å². The summed E-state index contributed by atoms with van der Waals surface area (Å²) in [6, 6.07) is 8.75. The molecule has 15 heavy (non-hydrogen) atoms. The van der Waals surface area contributed by atoms with Crippen LogP contribution in [0.4, 0.5) is 0 Å². The number of aliphatic hydroxyl groups is 1. The van der Waals surface area contributed by atoms with Crippen molar-refractivity contribution >= 4 is 0 Å². The van der Waals surface area contributed by atoms with E-state index in [4.69, 9.17) is 0 Å². The molecular weight excluding hydrogens is 184 g/mol. The van der Waals surface area contributed by atoms with Crippen LogP contribution >= 0.6 is 0 Å². The van der Waals surface area contributed by atoms with E-state index in [1.54, 1.807) is 0 Å². The lowest BCUT2D eigenvalue weighted by Gasteiger charge is -2.31. The molecule has 0 amide bonds. The van der Waals surface area contributed by atoms with Gasteiger partial charge in [0.25, 0.3) is 0 Å². The maximum absolute atomic E-state index is 9.85. The van der Waals surface area contributed by atoms with E-state index in [9.17, 15) is 5.11 Å². The van der Waals surface area contributed by atoms with E-state index in [1.165, 1.54) is 11.1 Å². The van der Waals surface area contributed by atoms with E-state index in [0.29, 0.717) is 5.92 Å². The highest BCUT2D eigenvalue weighted by Crippen LogP contribution is 2.45. The monoisotopic (exact) mass is 204 g/mol. The third-order valence-corrected chi connectivity index (χ3v) is 4.25. The lowest BCUT2D eigenvalue weighted by Crippen LogP contribution is -2.29. The smallest absolute Gasteiger partial charge is 0.0574 e. The molecule has 2 rings (SSSR count). The zero-order valence-electron chi connectivity index (χ0n) is 9.83. The average molecular weight is 204 g/mol. The van der Waals surface area contributed by atoms with Crippen LogP contribution in [0, 0.1) is 12.8 Å². The van der Waals surface area contributed by atoms with Crippen LogP contribution in [-0.4, -0.2) is 11.2 Å². The standard InChI is InChI=1S/C14H20O/c1-10-4-6-12(7-5-10)14(3)9-8-13(15)11(14)2/h4-7,11,13,15H,8-9H2,1-3H3. The van der Waals surface area contributed by atoms with Gasteiger partial charge in [0.05, 0.1) is 6.10 Å². The molecule has 0 aliphatic heterocycles. The minimum absolute atomic E-state index is 0.128. The maximum atomic E-state index is 9.85. The Balaban J connectivity index is 2.33. The summed E-state index contributed by atoms with van der Waals surface area (Å²) in [5, 5.41) is 9.85. The van der Waals surface area contributed by atoms with E-state index in [2.05, 4.69) is 45.0 Å². The molecule has 1 aromatic rings. The average Bonchev–Trinajstić information content (AvgIpc) is 2.48. The summed E-state index contributed by atoms with van der Waals surface area (Å²) < 4.78 is 0. The highest BCUT2D eigenvalue weighted by Gasteiger charge is 2.42. The van der Waals surface area contributed by atoms with Crippen LogP contribution in [0.1, 0.15) is 37.8 Å². The fourth-order valence-electron chi connectivity index (χ4n) is 2.69. The van der Waals surface area contributed by atoms with E-state index in [-0.39, 0.29) is 11.5 Å². The molecule has 1 aliphatic carbocycles. The largest absolute Gasteiger partial charge is 0.393 e. The summed E-state index contributed by atoms with van der Waals surface area (Å²) >= 11 is 0. The Kier molecular flexibility index (Phi) is 2.59. The van der Waals surface area contributed by atoms with E-state index >= 15 is 0 Å². The molecule has 1 fully saturated rings. The van der Waals surface area contributed by atoms with Gasteiger partial charge in [0.1, 0.15) is 0 Å². The number of hydrogen-bond donors (Lipinski definition) is 1. The van der Waals surface area contributed by atoms with Crippen LogP contribution in [0.2, 0.25) is 0 Å². The molecule has 0 heterocycles. The molecule has 82 valence electrons. The second kappa shape index (κ2) is 3.64. The van der Waals surface area contributed by atoms with Crippen LogP contribution in [0.25, 0.3) is 0 Å². The van der Waals surface area contributed by atoms with E-state index in [1.807, 2.05) is 0 Å². The first-order valence-corrected chi connectivity index (χ1v) is 5.79. The summed E-state index contributed by atoms with van der Waals surface area (Å²) in [5.74, 6) is 0.361. The molecular formula is C14H20O. The first-order valence-electron chi connectivity index (χ1n) is 5.79. The van der Waals surface area contributed by atoms with Crippen LogP contribution in [-0.2, 0) is 5.41 Å². The molecule has 0 spiro atoms. The lowest BCUT2D eigenvalue weighted by atomic mass is 9.74. The third kappa shape index (κ3) is 1.69. The minimum atomic E-state index is -0.128. The molecule has 1 heteroatoms. The van der Waals surface area contributed by atoms with Gasteiger partial charge >= 0.3 is 0 Å². The van der Waals surface area contributed by atoms with Crippen molar-refractivity contribution in [2.24, 2.45) is 5.92 Å². The van der Waals surface area contributed by atoms with Crippen LogP contribution in [0.3, 0.4) is 0 Å². The Labute approximate surface area is 92.1 Å². The first kappa shape index (κ1) is 10.7. The fourth-order valence-corrected chi connectivity index (χ4v) is 2.69. The van der Waals surface area contributed by atoms with Gasteiger partial charge in [-0.1, -0.05) is 43.7 Å². The predicted octanol–water partition coefficient (Wildman–Crippen LogP) is 3.04. The van der Waals surface area contributed by atoms with Crippen molar-refractivity contribution in [3.05, 3.63) is 35.4 Å². The zero-order chi connectivity index (χ0) is 11.1. The summed E-state index contributed by atoms with van der Waals surface area (Å²) in [6.07, 6.45) is 1.90. The topological polar surface area (TPSA) is 20.2 Å². The number of hydrogen-bond acceptors (Lipinski definition) is 1. The Morgan fingerprint density at radius 3 is 2.33 bits per heavy atom. The van der Waals surface area contributed by atoms with Gasteiger partial charge in [-0.25, -0.2) is 0 Å². The minimum Gasteiger partial charge on any atom is -0.393 e. The number of aliphatic hydroxyl groups excluding tert-OH is 1. The van der Waals surface area contributed by atoms with Gasteiger partial charge in [-0.05, 0) is 36.7 Å². The van der Waals surface area contributed by atoms with Crippen molar-refractivity contribution in [1.82, 2.24) is 0 Å². The van der Waals surface area contributed by atoms with Crippen molar-refractivity contribution in [1.29, 1.82) is 0 Å². The van der Waals surface area contributed by atoms with Gasteiger partial charge in [-0.2, -0.15) is 0 Å². The van der Waals surface area contributed by atoms with E-state index in [0.717, 1.165) is 12.8 Å². The van der Waals surface area contributed by atoms with Crippen molar-refractivity contribution in [2.75, 3.05) is 0 Å². The summed E-state index contributed by atoms with van der Waals surface area (Å²) in [6.45, 7) is 6.55. The number of aryl methyl sites for hydroxylation is 1. The summed E-state index contributed by atoms with van der Waals surface area (Å²) in [4.78, 5) is 0. The third-order valence-electron chi connectivity index (χ3n) is 4.25. The lowest BCUT2D eigenvalue weighted by molar-refractivity contribution is 0.122. The van der Waals surface area contributed by atoms with Gasteiger partial charge in [0.2, 0.25) is 0 Å². The van der Waals surface area contributed by atoms with Crippen LogP contribution in [0.15, 0.2) is 24.3 Å². The van der Waals surface area contributed by atoms with Gasteiger partial charge < -0.3 is 5.11 Å². The van der Waals surface area contributed by atoms with Gasteiger partial charge in [-0.3, -0.25) is 0 Å². The van der Waals surface area contributed by atoms with Gasteiger partial charge in [0.15, 0.2) is 0 Å². The predicted molar refractivity (Wildman–Crippen MR) is 62.9 cm³/mol. The first-order chi connectivity index (χ1) is 7.04. The normalized spacial score (nSPS) is 35.7. The molecule has 0 aromatic heterocycles. The second-order valence-corrected chi connectivity index (χ2v) is 5.18. The van der Waals surface area contributed by atoms with Crippen molar-refractivity contribution in [3.63, 3.8) is 0 Å². The van der Waals surface area contributed by atoms with Crippen molar-refractivity contribution in [3.8, 4) is 0 Å². The molecule has 0 saturated heterocycles. The molecule has 3 unspecified atom stereocenters. The number of benzene rings is 1. The SMILES string of the molecule is Cc1ccc(C2(C)CCC(O)C2C)cc1. The van der Waals surface area contributed by atoms with Crippen molar-refractivity contribution in [2.45, 2.75) is 45.1 Å². The van der Waals surface area contributed by atoms with Crippen molar-refractivity contribution < 1.29 is 5.11 Å². The zero-order valence-corrected chi connectivity index (χ0v) is 9.83. The molecule has 1 nitrogen and oxygen atoms in total. The number of rotatable bonds is 1.